The second-order valence-electron chi connectivity index (χ2n) is 11.9. The summed E-state index contributed by atoms with van der Waals surface area (Å²) in [5.41, 5.74) is 0. The lowest BCUT2D eigenvalue weighted by atomic mass is 9.88. The van der Waals surface area contributed by atoms with Crippen molar-refractivity contribution in [1.29, 1.82) is 0 Å². The topological polar surface area (TPSA) is 227 Å². The minimum atomic E-state index is -1.48. The fourth-order valence-electron chi connectivity index (χ4n) is 5.88. The number of ether oxygens (including phenoxy) is 2. The summed E-state index contributed by atoms with van der Waals surface area (Å²) in [6, 6.07) is 0. The molecule has 3 heterocycles. The lowest BCUT2D eigenvalue weighted by molar-refractivity contribution is -0.240. The first-order chi connectivity index (χ1) is 20.3. The number of hydrogen-bond donors (Lipinski definition) is 7. The normalized spacial score (nSPS) is 35.9. The third kappa shape index (κ3) is 9.36. The number of imide groups is 1. The molecule has 3 rings (SSSR count). The van der Waals surface area contributed by atoms with Gasteiger partial charge in [-0.25, -0.2) is 4.79 Å². The smallest absolute Gasteiger partial charge is 0.333 e. The summed E-state index contributed by atoms with van der Waals surface area (Å²) in [5, 5.41) is 71.4. The highest BCUT2D eigenvalue weighted by atomic mass is 16.7. The third-order valence-corrected chi connectivity index (χ3v) is 8.50. The molecule has 11 atom stereocenters. The molecule has 0 radical (unpaired) electrons. The first kappa shape index (κ1) is 35.7. The van der Waals surface area contributed by atoms with Crippen molar-refractivity contribution in [3.8, 4) is 0 Å². The lowest BCUT2D eigenvalue weighted by Crippen LogP contribution is -2.60. The molecular formula is C28H48N2O13. The van der Waals surface area contributed by atoms with Gasteiger partial charge >= 0.3 is 5.97 Å². The van der Waals surface area contributed by atoms with Crippen molar-refractivity contribution in [3.05, 3.63) is 0 Å². The number of carbonyl (C=O) groups is 3. The zero-order valence-corrected chi connectivity index (χ0v) is 24.8. The highest BCUT2D eigenvalue weighted by Crippen LogP contribution is 2.28. The van der Waals surface area contributed by atoms with Crippen molar-refractivity contribution in [3.63, 3.8) is 0 Å². The molecule has 3 aliphatic heterocycles. The second kappa shape index (κ2) is 16.5. The molecule has 0 aromatic carbocycles. The predicted molar refractivity (Wildman–Crippen MR) is 147 cm³/mol. The van der Waals surface area contributed by atoms with E-state index in [0.717, 1.165) is 0 Å². The Bertz CT molecular complexity index is 907. The summed E-state index contributed by atoms with van der Waals surface area (Å²) in [5.74, 6) is -2.06. The molecule has 15 heteroatoms. The summed E-state index contributed by atoms with van der Waals surface area (Å²) < 4.78 is 11.4. The Hall–Kier alpha value is -1.79. The molecule has 1 unspecified atom stereocenters. The number of nitrogens with zero attached hydrogens (tertiary/aromatic N) is 2. The minimum absolute atomic E-state index is 0.0247. The van der Waals surface area contributed by atoms with Crippen molar-refractivity contribution >= 4 is 17.8 Å². The summed E-state index contributed by atoms with van der Waals surface area (Å²) in [7, 11) is 0. The average Bonchev–Trinajstić information content (AvgIpc) is 3.29. The van der Waals surface area contributed by atoms with Gasteiger partial charge in [-0.2, -0.15) is 0 Å². The number of hydroxylamine groups is 2. The maximum Gasteiger partial charge on any atom is 0.333 e. The van der Waals surface area contributed by atoms with Gasteiger partial charge in [0.1, 0.15) is 42.7 Å². The van der Waals surface area contributed by atoms with Crippen molar-refractivity contribution < 1.29 is 64.4 Å². The van der Waals surface area contributed by atoms with E-state index in [9.17, 15) is 50.1 Å². The van der Waals surface area contributed by atoms with Crippen LogP contribution in [-0.2, 0) is 28.7 Å². The van der Waals surface area contributed by atoms with Gasteiger partial charge in [0, 0.05) is 25.8 Å². The largest absolute Gasteiger partial charge is 0.394 e. The molecule has 43 heavy (non-hydrogen) atoms. The molecule has 2 amide bonds. The van der Waals surface area contributed by atoms with Gasteiger partial charge in [-0.15, -0.1) is 5.06 Å². The molecule has 0 bridgehead atoms. The molecule has 0 aliphatic carbocycles. The summed E-state index contributed by atoms with van der Waals surface area (Å²) in [4.78, 5) is 42.3. The summed E-state index contributed by atoms with van der Waals surface area (Å²) in [6.07, 6.45) is -8.41. The van der Waals surface area contributed by atoms with E-state index in [2.05, 4.69) is 4.90 Å². The second-order valence-corrected chi connectivity index (χ2v) is 11.9. The van der Waals surface area contributed by atoms with Crippen molar-refractivity contribution in [1.82, 2.24) is 9.96 Å². The Balaban J connectivity index is 1.52. The standard InChI is InChI=1S/C28H48N2O13/c1-15(28-27(40)26(39)24(37)18(14-31)42-28)13-29(12-6-7-17-23(36)25(38)22(35)16(2)41-17)11-5-3-4-8-21(34)43-30-19(32)9-10-20(30)33/h15-18,22-28,31,35-40H,3-14H2,1-2H3/t15?,16-,17-,18+,22+,23+,24+,25+,26-,27+,28+/m0/s1. The van der Waals surface area contributed by atoms with Crippen LogP contribution in [0, 0.1) is 5.92 Å². The van der Waals surface area contributed by atoms with Gasteiger partial charge in [0.2, 0.25) is 0 Å². The van der Waals surface area contributed by atoms with E-state index in [1.165, 1.54) is 0 Å². The molecule has 7 N–H and O–H groups in total. The Kier molecular flexibility index (Phi) is 13.7. The van der Waals surface area contributed by atoms with E-state index in [0.29, 0.717) is 56.8 Å². The maximum atomic E-state index is 12.1. The number of rotatable bonds is 15. The SMILES string of the molecule is CC(CN(CCCCCC(=O)ON1C(=O)CCC1=O)CCC[C@@H]1O[C@@H](C)[C@@H](O)[C@@H](O)[C@@H]1O)[C@H]1O[C@H](CO)[C@@H](O)[C@H](O)[C@H]1O. The van der Waals surface area contributed by atoms with Crippen LogP contribution in [0.25, 0.3) is 0 Å². The van der Waals surface area contributed by atoms with E-state index in [4.69, 9.17) is 14.3 Å². The lowest BCUT2D eigenvalue weighted by Gasteiger charge is -2.43. The molecule has 0 spiro atoms. The van der Waals surface area contributed by atoms with Crippen molar-refractivity contribution in [2.75, 3.05) is 26.2 Å². The van der Waals surface area contributed by atoms with Crippen molar-refractivity contribution in [2.24, 2.45) is 5.92 Å². The van der Waals surface area contributed by atoms with E-state index < -0.39 is 85.4 Å². The Morgan fingerprint density at radius 2 is 1.47 bits per heavy atom. The van der Waals surface area contributed by atoms with Gasteiger partial charge in [-0.1, -0.05) is 13.3 Å². The predicted octanol–water partition coefficient (Wildman–Crippen LogP) is -2.42. The number of unbranched alkanes of at least 4 members (excludes halogenated alkanes) is 2. The van der Waals surface area contributed by atoms with Gasteiger partial charge in [0.25, 0.3) is 11.8 Å². The van der Waals surface area contributed by atoms with Gasteiger partial charge in [-0.05, 0) is 51.6 Å². The number of aliphatic hydroxyl groups is 7. The Morgan fingerprint density at radius 3 is 2.12 bits per heavy atom. The highest BCUT2D eigenvalue weighted by molar-refractivity contribution is 6.01. The van der Waals surface area contributed by atoms with E-state index in [1.54, 1.807) is 6.92 Å². The average molecular weight is 621 g/mol. The van der Waals surface area contributed by atoms with Crippen LogP contribution in [-0.4, -0.2) is 151 Å². The molecular weight excluding hydrogens is 572 g/mol. The fraction of sp³-hybridized carbons (Fsp3) is 0.893. The van der Waals surface area contributed by atoms with E-state index in [-0.39, 0.29) is 25.2 Å². The van der Waals surface area contributed by atoms with Gasteiger partial charge in [0.15, 0.2) is 0 Å². The zero-order valence-electron chi connectivity index (χ0n) is 24.8. The molecule has 15 nitrogen and oxygen atoms in total. The monoisotopic (exact) mass is 620 g/mol. The van der Waals surface area contributed by atoms with Crippen LogP contribution >= 0.6 is 0 Å². The molecule has 0 aromatic rings. The van der Waals surface area contributed by atoms with Crippen LogP contribution in [0.4, 0.5) is 0 Å². The first-order valence-electron chi connectivity index (χ1n) is 15.1. The summed E-state index contributed by atoms with van der Waals surface area (Å²) >= 11 is 0. The van der Waals surface area contributed by atoms with Crippen LogP contribution in [0.1, 0.15) is 65.2 Å². The molecule has 248 valence electrons. The Morgan fingerprint density at radius 1 is 0.860 bits per heavy atom. The van der Waals surface area contributed by atoms with Crippen LogP contribution in [0.3, 0.4) is 0 Å². The fourth-order valence-corrected chi connectivity index (χ4v) is 5.88. The number of hydrogen-bond acceptors (Lipinski definition) is 14. The Labute approximate surface area is 250 Å². The number of aliphatic hydroxyl groups excluding tert-OH is 7. The van der Waals surface area contributed by atoms with Crippen molar-refractivity contribution in [2.45, 2.75) is 126 Å². The van der Waals surface area contributed by atoms with E-state index in [1.807, 2.05) is 6.92 Å². The van der Waals surface area contributed by atoms with Gasteiger partial charge < -0.3 is 55.0 Å². The van der Waals surface area contributed by atoms with Gasteiger partial charge in [-0.3, -0.25) is 9.59 Å². The zero-order chi connectivity index (χ0) is 31.8. The molecule has 3 aliphatic rings. The van der Waals surface area contributed by atoms with Crippen LogP contribution < -0.4 is 0 Å². The number of amides is 2. The maximum absolute atomic E-state index is 12.1. The van der Waals surface area contributed by atoms with Crippen LogP contribution in [0.15, 0.2) is 0 Å². The first-order valence-corrected chi connectivity index (χ1v) is 15.1. The molecule has 3 saturated heterocycles. The minimum Gasteiger partial charge on any atom is -0.394 e. The quantitative estimate of drug-likeness (QED) is 0.0747. The molecule has 0 saturated carbocycles. The van der Waals surface area contributed by atoms with E-state index >= 15 is 0 Å². The highest BCUT2D eigenvalue weighted by Gasteiger charge is 2.45. The molecule has 3 fully saturated rings. The summed E-state index contributed by atoms with van der Waals surface area (Å²) in [6.45, 7) is 4.44. The van der Waals surface area contributed by atoms with Crippen LogP contribution in [0.5, 0.6) is 0 Å². The number of carbonyl (C=O) groups excluding carboxylic acids is 3. The van der Waals surface area contributed by atoms with Gasteiger partial charge in [0.05, 0.1) is 24.9 Å². The molecule has 0 aromatic heterocycles. The van der Waals surface area contributed by atoms with Crippen LogP contribution in [0.2, 0.25) is 0 Å². The third-order valence-electron chi connectivity index (χ3n) is 8.50.